The first-order valence-corrected chi connectivity index (χ1v) is 6.83. The molecule has 0 atom stereocenters. The normalized spacial score (nSPS) is 10.4. The summed E-state index contributed by atoms with van der Waals surface area (Å²) in [6, 6.07) is 11.1. The van der Waals surface area contributed by atoms with Crippen LogP contribution in [0.25, 0.3) is 0 Å². The number of para-hydroxylation sites is 1. The van der Waals surface area contributed by atoms with Gasteiger partial charge in [-0.25, -0.2) is 5.43 Å². The Labute approximate surface area is 129 Å². The molecule has 0 aliphatic rings. The monoisotopic (exact) mass is 295 g/mol. The maximum atomic E-state index is 11.7. The zero-order valence-corrected chi connectivity index (χ0v) is 12.1. The number of nitrogens with zero attached hydrogens (tertiary/aromatic N) is 2. The van der Waals surface area contributed by atoms with Crippen molar-refractivity contribution < 1.29 is 9.53 Å². The Morgan fingerprint density at radius 3 is 2.82 bits per heavy atom. The highest BCUT2D eigenvalue weighted by molar-refractivity contribution is 5.82. The van der Waals surface area contributed by atoms with Crippen LogP contribution in [0.2, 0.25) is 0 Å². The molecule has 22 heavy (non-hydrogen) atoms. The van der Waals surface area contributed by atoms with Crippen LogP contribution < -0.4 is 10.2 Å². The number of benzene rings is 1. The smallest absolute Gasteiger partial charge is 0.277 e. The van der Waals surface area contributed by atoms with Crippen molar-refractivity contribution in [1.82, 2.24) is 10.4 Å². The lowest BCUT2D eigenvalue weighted by Crippen LogP contribution is -2.24. The Balaban J connectivity index is 1.83. The fourth-order valence-electron chi connectivity index (χ4n) is 1.77. The second-order valence-corrected chi connectivity index (χ2v) is 4.46. The molecule has 0 bridgehead atoms. The van der Waals surface area contributed by atoms with E-state index in [1.165, 1.54) is 0 Å². The van der Waals surface area contributed by atoms with Gasteiger partial charge in [-0.2, -0.15) is 5.10 Å². The van der Waals surface area contributed by atoms with Crippen LogP contribution in [-0.2, 0) is 11.2 Å². The fraction of sp³-hybridized carbons (Fsp3) is 0.118. The largest absolute Gasteiger partial charge is 0.483 e. The maximum absolute atomic E-state index is 11.7. The van der Waals surface area contributed by atoms with Crippen LogP contribution in [0.1, 0.15) is 11.1 Å². The zero-order valence-electron chi connectivity index (χ0n) is 12.1. The molecule has 112 valence electrons. The number of carbonyl (C=O) groups excluding carboxylic acids is 1. The van der Waals surface area contributed by atoms with Gasteiger partial charge in [-0.15, -0.1) is 6.58 Å². The molecule has 0 radical (unpaired) electrons. The highest BCUT2D eigenvalue weighted by Crippen LogP contribution is 2.18. The van der Waals surface area contributed by atoms with Crippen molar-refractivity contribution in [2.45, 2.75) is 6.42 Å². The molecular weight excluding hydrogens is 278 g/mol. The molecule has 1 heterocycles. The van der Waals surface area contributed by atoms with Crippen molar-refractivity contribution in [2.24, 2.45) is 5.10 Å². The Kier molecular flexibility index (Phi) is 5.87. The molecule has 0 unspecified atom stereocenters. The van der Waals surface area contributed by atoms with Crippen LogP contribution in [0.3, 0.4) is 0 Å². The number of hydrazone groups is 1. The summed E-state index contributed by atoms with van der Waals surface area (Å²) in [6.07, 6.45) is 7.34. The molecule has 2 rings (SSSR count). The van der Waals surface area contributed by atoms with Gasteiger partial charge in [0.25, 0.3) is 5.91 Å². The third-order valence-electron chi connectivity index (χ3n) is 2.80. The molecule has 0 saturated heterocycles. The molecule has 0 saturated carbocycles. The molecule has 0 spiro atoms. The van der Waals surface area contributed by atoms with Crippen molar-refractivity contribution in [3.05, 3.63) is 72.6 Å². The molecule has 1 aromatic heterocycles. The minimum Gasteiger partial charge on any atom is -0.483 e. The second kappa shape index (κ2) is 8.36. The molecule has 1 amide bonds. The molecule has 2 aromatic rings. The van der Waals surface area contributed by atoms with Gasteiger partial charge in [0.05, 0.1) is 6.21 Å². The summed E-state index contributed by atoms with van der Waals surface area (Å²) >= 11 is 0. The summed E-state index contributed by atoms with van der Waals surface area (Å²) in [5, 5.41) is 3.86. The molecule has 0 fully saturated rings. The van der Waals surface area contributed by atoms with Crippen LogP contribution in [-0.4, -0.2) is 23.7 Å². The van der Waals surface area contributed by atoms with Crippen molar-refractivity contribution in [3.63, 3.8) is 0 Å². The number of hydrogen-bond donors (Lipinski definition) is 1. The molecule has 1 N–H and O–H groups in total. The number of hydrogen-bond acceptors (Lipinski definition) is 4. The number of aromatic nitrogens is 1. The van der Waals surface area contributed by atoms with E-state index in [1.807, 2.05) is 24.3 Å². The van der Waals surface area contributed by atoms with E-state index >= 15 is 0 Å². The van der Waals surface area contributed by atoms with E-state index in [-0.39, 0.29) is 12.5 Å². The fourth-order valence-corrected chi connectivity index (χ4v) is 1.77. The predicted octanol–water partition coefficient (Wildman–Crippen LogP) is 2.34. The topological polar surface area (TPSA) is 63.6 Å². The van der Waals surface area contributed by atoms with Crippen molar-refractivity contribution in [1.29, 1.82) is 0 Å². The quantitative estimate of drug-likeness (QED) is 0.484. The Morgan fingerprint density at radius 2 is 2.05 bits per heavy atom. The maximum Gasteiger partial charge on any atom is 0.277 e. The lowest BCUT2D eigenvalue weighted by atomic mass is 10.1. The average Bonchev–Trinajstić information content (AvgIpc) is 2.55. The zero-order chi connectivity index (χ0) is 15.6. The van der Waals surface area contributed by atoms with Gasteiger partial charge in [-0.3, -0.25) is 9.78 Å². The Bertz CT molecular complexity index is 654. The van der Waals surface area contributed by atoms with Gasteiger partial charge in [-0.1, -0.05) is 24.3 Å². The van der Waals surface area contributed by atoms with Gasteiger partial charge in [0.2, 0.25) is 0 Å². The minimum absolute atomic E-state index is 0.0954. The number of rotatable bonds is 7. The van der Waals surface area contributed by atoms with Crippen molar-refractivity contribution in [3.8, 4) is 5.75 Å². The summed E-state index contributed by atoms with van der Waals surface area (Å²) in [4.78, 5) is 15.6. The summed E-state index contributed by atoms with van der Waals surface area (Å²) in [5.41, 5.74) is 4.26. The van der Waals surface area contributed by atoms with Crippen LogP contribution in [0.4, 0.5) is 0 Å². The SMILES string of the molecule is C=CCc1ccccc1OCC(=O)N/N=C\c1ccncc1. The third kappa shape index (κ3) is 4.86. The van der Waals surface area contributed by atoms with Gasteiger partial charge >= 0.3 is 0 Å². The van der Waals surface area contributed by atoms with E-state index in [9.17, 15) is 4.79 Å². The number of amides is 1. The van der Waals surface area contributed by atoms with E-state index in [0.29, 0.717) is 12.2 Å². The van der Waals surface area contributed by atoms with Crippen LogP contribution in [0, 0.1) is 0 Å². The summed E-state index contributed by atoms with van der Waals surface area (Å²) in [5.74, 6) is 0.356. The Morgan fingerprint density at radius 1 is 1.27 bits per heavy atom. The third-order valence-corrected chi connectivity index (χ3v) is 2.80. The standard InChI is InChI=1S/C17H17N3O2/c1-2-5-15-6-3-4-7-16(15)22-13-17(21)20-19-12-14-8-10-18-11-9-14/h2-4,6-12H,1,5,13H2,(H,20,21)/b19-12-. The van der Waals surface area contributed by atoms with E-state index in [0.717, 1.165) is 11.1 Å². The first kappa shape index (κ1) is 15.4. The van der Waals surface area contributed by atoms with Crippen LogP contribution >= 0.6 is 0 Å². The molecule has 0 aliphatic carbocycles. The summed E-state index contributed by atoms with van der Waals surface area (Å²) in [7, 11) is 0. The number of nitrogens with one attached hydrogen (secondary N) is 1. The van der Waals surface area contributed by atoms with Crippen molar-refractivity contribution >= 4 is 12.1 Å². The van der Waals surface area contributed by atoms with E-state index in [1.54, 1.807) is 36.8 Å². The van der Waals surface area contributed by atoms with Gasteiger partial charge in [0.15, 0.2) is 6.61 Å². The van der Waals surface area contributed by atoms with E-state index in [4.69, 9.17) is 4.74 Å². The molecular formula is C17H17N3O2. The van der Waals surface area contributed by atoms with E-state index < -0.39 is 0 Å². The highest BCUT2D eigenvalue weighted by Gasteiger charge is 2.04. The van der Waals surface area contributed by atoms with Crippen LogP contribution in [0.15, 0.2) is 66.5 Å². The molecule has 5 heteroatoms. The van der Waals surface area contributed by atoms with Crippen LogP contribution in [0.5, 0.6) is 5.75 Å². The molecule has 5 nitrogen and oxygen atoms in total. The lowest BCUT2D eigenvalue weighted by Gasteiger charge is -2.09. The summed E-state index contributed by atoms with van der Waals surface area (Å²) < 4.78 is 5.51. The second-order valence-electron chi connectivity index (χ2n) is 4.46. The van der Waals surface area contributed by atoms with Crippen molar-refractivity contribution in [2.75, 3.05) is 6.61 Å². The highest BCUT2D eigenvalue weighted by atomic mass is 16.5. The first-order chi connectivity index (χ1) is 10.8. The number of ether oxygens (including phenoxy) is 1. The average molecular weight is 295 g/mol. The van der Waals surface area contributed by atoms with E-state index in [2.05, 4.69) is 22.1 Å². The number of carbonyl (C=O) groups is 1. The molecule has 1 aromatic carbocycles. The molecule has 0 aliphatic heterocycles. The predicted molar refractivity (Wildman–Crippen MR) is 85.8 cm³/mol. The van der Waals surface area contributed by atoms with Gasteiger partial charge < -0.3 is 4.74 Å². The summed E-state index contributed by atoms with van der Waals surface area (Å²) in [6.45, 7) is 3.61. The van der Waals surface area contributed by atoms with Gasteiger partial charge in [-0.05, 0) is 35.7 Å². The lowest BCUT2D eigenvalue weighted by molar-refractivity contribution is -0.123. The first-order valence-electron chi connectivity index (χ1n) is 6.83. The number of pyridine rings is 1. The number of allylic oxidation sites excluding steroid dienone is 1. The van der Waals surface area contributed by atoms with Gasteiger partial charge in [0, 0.05) is 12.4 Å². The minimum atomic E-state index is -0.321. The Hall–Kier alpha value is -2.95. The van der Waals surface area contributed by atoms with Gasteiger partial charge in [0.1, 0.15) is 5.75 Å².